The van der Waals surface area contributed by atoms with Gasteiger partial charge in [0, 0.05) is 45.6 Å². The summed E-state index contributed by atoms with van der Waals surface area (Å²) < 4.78 is 19.1. The molecule has 0 aromatic heterocycles. The SMILES string of the molecule is C[C@@H](Oc1ccc(O)cc1)C(=O)N(C)c1[c-]cccc1F.[Y]. The average Bonchev–Trinajstić information content (AvgIpc) is 2.48. The second-order valence-electron chi connectivity index (χ2n) is 4.52. The summed E-state index contributed by atoms with van der Waals surface area (Å²) in [4.78, 5) is 13.4. The Balaban J connectivity index is 0.00000242. The molecule has 113 valence electrons. The largest absolute Gasteiger partial charge is 0.508 e. The van der Waals surface area contributed by atoms with Crippen molar-refractivity contribution in [2.75, 3.05) is 11.9 Å². The maximum atomic E-state index is 13.6. The fourth-order valence-corrected chi connectivity index (χ4v) is 1.83. The Morgan fingerprint density at radius 1 is 1.32 bits per heavy atom. The zero-order valence-corrected chi connectivity index (χ0v) is 15.1. The van der Waals surface area contributed by atoms with Crippen molar-refractivity contribution in [2.45, 2.75) is 13.0 Å². The van der Waals surface area contributed by atoms with E-state index in [9.17, 15) is 14.3 Å². The second-order valence-corrected chi connectivity index (χ2v) is 4.52. The van der Waals surface area contributed by atoms with Crippen LogP contribution in [0.1, 0.15) is 6.92 Å². The van der Waals surface area contributed by atoms with E-state index in [4.69, 9.17) is 4.74 Å². The predicted molar refractivity (Wildman–Crippen MR) is 76.8 cm³/mol. The number of carbonyl (C=O) groups is 1. The van der Waals surface area contributed by atoms with Crippen molar-refractivity contribution in [3.63, 3.8) is 0 Å². The summed E-state index contributed by atoms with van der Waals surface area (Å²) in [5, 5.41) is 9.19. The quantitative estimate of drug-likeness (QED) is 0.834. The minimum atomic E-state index is -0.799. The molecule has 1 amide bonds. The van der Waals surface area contributed by atoms with Crippen LogP contribution in [0.3, 0.4) is 0 Å². The number of benzene rings is 2. The molecule has 1 N–H and O–H groups in total. The summed E-state index contributed by atoms with van der Waals surface area (Å²) in [7, 11) is 1.47. The molecular formula is C16H15FNO3Y-. The molecule has 0 aliphatic carbocycles. The average molecular weight is 377 g/mol. The van der Waals surface area contributed by atoms with Gasteiger partial charge in [-0.2, -0.15) is 18.2 Å². The number of ether oxygens (including phenoxy) is 1. The number of carbonyl (C=O) groups excluding carboxylic acids is 1. The van der Waals surface area contributed by atoms with Crippen molar-refractivity contribution in [3.8, 4) is 11.5 Å². The van der Waals surface area contributed by atoms with Gasteiger partial charge in [-0.3, -0.25) is 9.18 Å². The molecule has 0 bridgehead atoms. The molecule has 0 unspecified atom stereocenters. The zero-order chi connectivity index (χ0) is 15.4. The molecule has 0 aliphatic rings. The first-order valence-electron chi connectivity index (χ1n) is 6.38. The van der Waals surface area contributed by atoms with Crippen LogP contribution in [-0.4, -0.2) is 24.2 Å². The van der Waals surface area contributed by atoms with Gasteiger partial charge in [0.25, 0.3) is 5.91 Å². The maximum Gasteiger partial charge on any atom is 0.265 e. The molecule has 2 aromatic rings. The predicted octanol–water partition coefficient (Wildman–Crippen LogP) is 2.76. The Morgan fingerprint density at radius 2 is 1.95 bits per heavy atom. The Morgan fingerprint density at radius 3 is 2.55 bits per heavy atom. The van der Waals surface area contributed by atoms with E-state index in [1.54, 1.807) is 19.1 Å². The minimum Gasteiger partial charge on any atom is -0.508 e. The van der Waals surface area contributed by atoms with Gasteiger partial charge in [-0.25, -0.2) is 0 Å². The van der Waals surface area contributed by atoms with Crippen molar-refractivity contribution in [3.05, 3.63) is 54.3 Å². The van der Waals surface area contributed by atoms with E-state index in [2.05, 4.69) is 6.07 Å². The summed E-state index contributed by atoms with van der Waals surface area (Å²) in [6.45, 7) is 1.58. The molecule has 0 fully saturated rings. The van der Waals surface area contributed by atoms with E-state index in [-0.39, 0.29) is 44.1 Å². The third-order valence-electron chi connectivity index (χ3n) is 2.95. The second kappa shape index (κ2) is 8.25. The van der Waals surface area contributed by atoms with Crippen LogP contribution in [0.5, 0.6) is 11.5 Å². The van der Waals surface area contributed by atoms with E-state index >= 15 is 0 Å². The molecular weight excluding hydrogens is 362 g/mol. The number of para-hydroxylation sites is 1. The standard InChI is InChI=1S/C16H15FNO3.Y/c1-11(21-13-9-7-12(19)8-10-13)16(20)18(2)15-6-4-3-5-14(15)17;/h3-5,7-11,19H,1-2H3;/q-1;/t11-;/m1./s1. The molecule has 2 rings (SSSR count). The van der Waals surface area contributed by atoms with Gasteiger partial charge < -0.3 is 14.7 Å². The number of rotatable bonds is 4. The number of aromatic hydroxyl groups is 1. The molecule has 22 heavy (non-hydrogen) atoms. The van der Waals surface area contributed by atoms with E-state index in [1.807, 2.05) is 0 Å². The number of amides is 1. The third-order valence-corrected chi connectivity index (χ3v) is 2.95. The zero-order valence-electron chi connectivity index (χ0n) is 12.3. The first kappa shape index (κ1) is 18.6. The van der Waals surface area contributed by atoms with Crippen LogP contribution >= 0.6 is 0 Å². The molecule has 0 saturated carbocycles. The summed E-state index contributed by atoms with van der Waals surface area (Å²) in [6.07, 6.45) is -0.799. The van der Waals surface area contributed by atoms with Gasteiger partial charge in [-0.1, -0.05) is 0 Å². The number of halogens is 1. The first-order valence-corrected chi connectivity index (χ1v) is 6.38. The smallest absolute Gasteiger partial charge is 0.265 e. The van der Waals surface area contributed by atoms with E-state index in [0.717, 1.165) is 0 Å². The summed E-state index contributed by atoms with van der Waals surface area (Å²) >= 11 is 0. The number of hydrogen-bond acceptors (Lipinski definition) is 3. The van der Waals surface area contributed by atoms with Crippen molar-refractivity contribution >= 4 is 11.6 Å². The van der Waals surface area contributed by atoms with Crippen molar-refractivity contribution in [1.82, 2.24) is 0 Å². The fraction of sp³-hybridized carbons (Fsp3) is 0.188. The topological polar surface area (TPSA) is 49.8 Å². The van der Waals surface area contributed by atoms with Crippen LogP contribution in [0.25, 0.3) is 0 Å². The molecule has 1 atom stereocenters. The van der Waals surface area contributed by atoms with Crippen LogP contribution in [0, 0.1) is 11.9 Å². The van der Waals surface area contributed by atoms with Gasteiger partial charge in [-0.15, -0.1) is 6.07 Å². The van der Waals surface area contributed by atoms with Crippen LogP contribution in [0.4, 0.5) is 10.1 Å². The van der Waals surface area contributed by atoms with Crippen LogP contribution in [0.2, 0.25) is 0 Å². The van der Waals surface area contributed by atoms with Crippen molar-refractivity contribution in [2.24, 2.45) is 0 Å². The minimum absolute atomic E-state index is 0. The molecule has 4 nitrogen and oxygen atoms in total. The van der Waals surface area contributed by atoms with Gasteiger partial charge in [0.1, 0.15) is 11.5 Å². The molecule has 6 heteroatoms. The van der Waals surface area contributed by atoms with Gasteiger partial charge in [0.2, 0.25) is 0 Å². The van der Waals surface area contributed by atoms with Crippen LogP contribution < -0.4 is 9.64 Å². The van der Waals surface area contributed by atoms with E-state index in [1.165, 1.54) is 42.3 Å². The Labute approximate surface area is 153 Å². The Kier molecular flexibility index (Phi) is 6.97. The van der Waals surface area contributed by atoms with Gasteiger partial charge in [-0.05, 0) is 36.9 Å². The fourth-order valence-electron chi connectivity index (χ4n) is 1.83. The summed E-state index contributed by atoms with van der Waals surface area (Å²) in [5.41, 5.74) is 0.0728. The van der Waals surface area contributed by atoms with Gasteiger partial charge >= 0.3 is 0 Å². The summed E-state index contributed by atoms with van der Waals surface area (Å²) in [5.74, 6) is -0.367. The number of nitrogens with zero attached hydrogens (tertiary/aromatic N) is 1. The van der Waals surface area contributed by atoms with Crippen molar-refractivity contribution in [1.29, 1.82) is 0 Å². The van der Waals surface area contributed by atoms with Gasteiger partial charge in [0.05, 0.1) is 0 Å². The van der Waals surface area contributed by atoms with E-state index in [0.29, 0.717) is 5.75 Å². The van der Waals surface area contributed by atoms with Crippen LogP contribution in [0.15, 0.2) is 42.5 Å². The number of likely N-dealkylation sites (N-methyl/N-ethyl adjacent to an activating group) is 1. The first-order chi connectivity index (χ1) is 9.99. The molecule has 0 aliphatic heterocycles. The summed E-state index contributed by atoms with van der Waals surface area (Å²) in [6, 6.07) is 13.0. The molecule has 2 aromatic carbocycles. The van der Waals surface area contributed by atoms with Crippen LogP contribution in [-0.2, 0) is 37.5 Å². The van der Waals surface area contributed by atoms with Crippen molar-refractivity contribution < 1.29 is 51.7 Å². The number of anilines is 1. The Hall–Kier alpha value is -1.46. The molecule has 0 spiro atoms. The number of phenols is 1. The maximum absolute atomic E-state index is 13.6. The number of phenolic OH excluding ortho intramolecular Hbond substituents is 1. The van der Waals surface area contributed by atoms with E-state index < -0.39 is 17.8 Å². The third kappa shape index (κ3) is 4.52. The Bertz CT molecular complexity index is 634. The molecule has 0 heterocycles. The monoisotopic (exact) mass is 377 g/mol. The number of hydrogen-bond donors (Lipinski definition) is 1. The normalized spacial score (nSPS) is 11.2. The molecule has 0 saturated heterocycles. The van der Waals surface area contributed by atoms with Gasteiger partial charge in [0.15, 0.2) is 6.10 Å². The molecule has 1 radical (unpaired) electrons.